The van der Waals surface area contributed by atoms with Crippen molar-refractivity contribution in [1.82, 2.24) is 15.5 Å². The van der Waals surface area contributed by atoms with Gasteiger partial charge in [0.25, 0.3) is 0 Å². The summed E-state index contributed by atoms with van der Waals surface area (Å²) in [5.41, 5.74) is 3.31. The zero-order chi connectivity index (χ0) is 24.8. The lowest BCUT2D eigenvalue weighted by Crippen LogP contribution is -2.33. The summed E-state index contributed by atoms with van der Waals surface area (Å²) in [7, 11) is 1.61. The highest BCUT2D eigenvalue weighted by Crippen LogP contribution is 2.38. The van der Waals surface area contributed by atoms with Crippen molar-refractivity contribution in [2.75, 3.05) is 12.4 Å². The lowest BCUT2D eigenvalue weighted by Gasteiger charge is -2.23. The van der Waals surface area contributed by atoms with Gasteiger partial charge in [0.2, 0.25) is 5.91 Å². The summed E-state index contributed by atoms with van der Waals surface area (Å²) in [5.74, 6) is 0.602. The highest BCUT2D eigenvalue weighted by molar-refractivity contribution is 7.16. The lowest BCUT2D eigenvalue weighted by molar-refractivity contribution is -0.116. The standard InChI is InChI=1S/C25H27N5O4S/c1-15(17-13-27-28-14-17)29-25(32)34-19-7-8-20-21(12-26)24(35-22(20)11-19)30-23(31)9-6-16-4-3-5-18(10-16)33-2/h3-5,10,13-15,19H,6-9,11H2,1-2H3,(H,27,28)(H,29,32)(H,30,31). The number of thiophene rings is 1. The molecule has 3 aromatic rings. The molecule has 1 aliphatic carbocycles. The molecule has 0 bridgehead atoms. The molecule has 2 unspecified atom stereocenters. The van der Waals surface area contributed by atoms with Crippen molar-refractivity contribution >= 4 is 28.3 Å². The fourth-order valence-corrected chi connectivity index (χ4v) is 5.36. The summed E-state index contributed by atoms with van der Waals surface area (Å²) < 4.78 is 10.9. The molecule has 0 saturated carbocycles. The molecule has 4 rings (SSSR count). The number of carbonyl (C=O) groups excluding carboxylic acids is 2. The summed E-state index contributed by atoms with van der Waals surface area (Å²) >= 11 is 1.39. The lowest BCUT2D eigenvalue weighted by atomic mass is 9.94. The van der Waals surface area contributed by atoms with Crippen LogP contribution in [0.5, 0.6) is 5.75 Å². The van der Waals surface area contributed by atoms with Gasteiger partial charge in [-0.3, -0.25) is 9.89 Å². The van der Waals surface area contributed by atoms with Crippen molar-refractivity contribution in [2.45, 2.75) is 51.2 Å². The Hall–Kier alpha value is -3.84. The molecule has 2 amide bonds. The van der Waals surface area contributed by atoms with Crippen LogP contribution in [0.15, 0.2) is 36.7 Å². The number of ether oxygens (including phenoxy) is 2. The summed E-state index contributed by atoms with van der Waals surface area (Å²) in [5, 5.41) is 22.6. The van der Waals surface area contributed by atoms with Gasteiger partial charge in [-0.05, 0) is 49.4 Å². The van der Waals surface area contributed by atoms with E-state index in [2.05, 4.69) is 26.9 Å². The van der Waals surface area contributed by atoms with Crippen molar-refractivity contribution in [1.29, 1.82) is 5.26 Å². The van der Waals surface area contributed by atoms with E-state index in [1.165, 1.54) is 11.3 Å². The predicted molar refractivity (Wildman–Crippen MR) is 131 cm³/mol. The predicted octanol–water partition coefficient (Wildman–Crippen LogP) is 4.27. The van der Waals surface area contributed by atoms with E-state index in [1.807, 2.05) is 31.2 Å². The molecule has 1 aliphatic rings. The summed E-state index contributed by atoms with van der Waals surface area (Å²) in [6.07, 6.45) is 5.20. The number of rotatable bonds is 8. The normalized spacial score (nSPS) is 15.4. The first-order valence-corrected chi connectivity index (χ1v) is 12.2. The van der Waals surface area contributed by atoms with Crippen LogP contribution in [0.1, 0.15) is 52.9 Å². The molecule has 3 N–H and O–H groups in total. The molecule has 0 fully saturated rings. The van der Waals surface area contributed by atoms with E-state index in [9.17, 15) is 14.9 Å². The number of hydrogen-bond donors (Lipinski definition) is 3. The maximum absolute atomic E-state index is 12.6. The maximum atomic E-state index is 12.6. The number of hydrogen-bond acceptors (Lipinski definition) is 7. The fraction of sp³-hybridized carbons (Fsp3) is 0.360. The number of nitrogens with zero attached hydrogens (tertiary/aromatic N) is 2. The second kappa shape index (κ2) is 11.1. The van der Waals surface area contributed by atoms with Crippen LogP contribution in [0.25, 0.3) is 0 Å². The average molecular weight is 494 g/mol. The van der Waals surface area contributed by atoms with Crippen molar-refractivity contribution in [3.8, 4) is 11.8 Å². The Labute approximate surface area is 207 Å². The number of anilines is 1. The van der Waals surface area contributed by atoms with E-state index < -0.39 is 6.09 Å². The molecule has 2 aromatic heterocycles. The fourth-order valence-electron chi connectivity index (χ4n) is 4.08. The van der Waals surface area contributed by atoms with Crippen LogP contribution in [-0.4, -0.2) is 35.4 Å². The van der Waals surface area contributed by atoms with Gasteiger partial charge in [0.05, 0.1) is 24.9 Å². The van der Waals surface area contributed by atoms with Crippen molar-refractivity contribution in [3.63, 3.8) is 0 Å². The first-order chi connectivity index (χ1) is 17.0. The molecule has 35 heavy (non-hydrogen) atoms. The molecule has 0 aliphatic heterocycles. The van der Waals surface area contributed by atoms with Crippen LogP contribution in [-0.2, 0) is 28.8 Å². The van der Waals surface area contributed by atoms with Gasteiger partial charge in [0.1, 0.15) is 22.9 Å². The first-order valence-electron chi connectivity index (χ1n) is 11.4. The number of amides is 2. The molecule has 9 nitrogen and oxygen atoms in total. The van der Waals surface area contributed by atoms with Crippen LogP contribution < -0.4 is 15.4 Å². The third-order valence-electron chi connectivity index (χ3n) is 5.99. The number of methoxy groups -OCH3 is 1. The van der Waals surface area contributed by atoms with Gasteiger partial charge in [0, 0.05) is 29.5 Å². The highest BCUT2D eigenvalue weighted by atomic mass is 32.1. The average Bonchev–Trinajstić information content (AvgIpc) is 3.50. The summed E-state index contributed by atoms with van der Waals surface area (Å²) in [4.78, 5) is 25.9. The number of carbonyl (C=O) groups is 2. The molecular weight excluding hydrogens is 466 g/mol. The van der Waals surface area contributed by atoms with Gasteiger partial charge in [0.15, 0.2) is 0 Å². The Bertz CT molecular complexity index is 1230. The second-order valence-electron chi connectivity index (χ2n) is 8.39. The molecule has 0 radical (unpaired) electrons. The Balaban J connectivity index is 1.34. The van der Waals surface area contributed by atoms with E-state index in [0.29, 0.717) is 42.7 Å². The third-order valence-corrected chi connectivity index (χ3v) is 7.16. The minimum absolute atomic E-state index is 0.150. The molecule has 0 saturated heterocycles. The number of H-pyrrole nitrogens is 1. The highest BCUT2D eigenvalue weighted by Gasteiger charge is 2.29. The van der Waals surface area contributed by atoms with Crippen LogP contribution >= 0.6 is 11.3 Å². The van der Waals surface area contributed by atoms with Crippen LogP contribution in [0.4, 0.5) is 9.80 Å². The molecule has 10 heteroatoms. The van der Waals surface area contributed by atoms with E-state index in [4.69, 9.17) is 9.47 Å². The van der Waals surface area contributed by atoms with E-state index >= 15 is 0 Å². The number of aromatic amines is 1. The zero-order valence-electron chi connectivity index (χ0n) is 19.6. The second-order valence-corrected chi connectivity index (χ2v) is 9.49. The van der Waals surface area contributed by atoms with Crippen LogP contribution in [0.2, 0.25) is 0 Å². The number of aryl methyl sites for hydroxylation is 1. The minimum atomic E-state index is -0.490. The van der Waals surface area contributed by atoms with E-state index in [0.717, 1.165) is 27.3 Å². The topological polar surface area (TPSA) is 129 Å². The van der Waals surface area contributed by atoms with Gasteiger partial charge in [-0.1, -0.05) is 12.1 Å². The molecule has 2 heterocycles. The number of fused-ring (bicyclic) bond motifs is 1. The quantitative estimate of drug-likeness (QED) is 0.430. The molecule has 0 spiro atoms. The molecule has 1 aromatic carbocycles. The van der Waals surface area contributed by atoms with Crippen LogP contribution in [0.3, 0.4) is 0 Å². The Morgan fingerprint density at radius 3 is 3.00 bits per heavy atom. The van der Waals surface area contributed by atoms with Gasteiger partial charge in [-0.2, -0.15) is 10.4 Å². The number of nitrogens with one attached hydrogen (secondary N) is 3. The number of alkyl carbamates (subject to hydrolysis) is 1. The van der Waals surface area contributed by atoms with Gasteiger partial charge < -0.3 is 20.1 Å². The van der Waals surface area contributed by atoms with Crippen LogP contribution in [0, 0.1) is 11.3 Å². The summed E-state index contributed by atoms with van der Waals surface area (Å²) in [6.45, 7) is 1.85. The SMILES string of the molecule is COc1cccc(CCC(=O)Nc2sc3c(c2C#N)CCC(OC(=O)NC(C)c2cn[nH]c2)C3)c1. The molecule has 182 valence electrons. The number of aromatic nitrogens is 2. The maximum Gasteiger partial charge on any atom is 0.407 e. The van der Waals surface area contributed by atoms with Gasteiger partial charge >= 0.3 is 6.09 Å². The van der Waals surface area contributed by atoms with Gasteiger partial charge in [-0.15, -0.1) is 11.3 Å². The zero-order valence-corrected chi connectivity index (χ0v) is 20.4. The molecule has 2 atom stereocenters. The number of benzene rings is 1. The van der Waals surface area contributed by atoms with Crippen molar-refractivity contribution in [2.24, 2.45) is 0 Å². The Morgan fingerprint density at radius 1 is 1.40 bits per heavy atom. The largest absolute Gasteiger partial charge is 0.497 e. The van der Waals surface area contributed by atoms with Crippen molar-refractivity contribution in [3.05, 3.63) is 63.8 Å². The molecular formula is C25H27N5O4S. The monoisotopic (exact) mass is 493 g/mol. The minimum Gasteiger partial charge on any atom is -0.497 e. The van der Waals surface area contributed by atoms with E-state index in [1.54, 1.807) is 19.5 Å². The third kappa shape index (κ3) is 6.00. The van der Waals surface area contributed by atoms with Crippen molar-refractivity contribution < 1.29 is 19.1 Å². The first kappa shape index (κ1) is 24.3. The number of nitriles is 1. The Kier molecular flexibility index (Phi) is 7.67. The van der Waals surface area contributed by atoms with E-state index in [-0.39, 0.29) is 18.1 Å². The van der Waals surface area contributed by atoms with Gasteiger partial charge in [-0.25, -0.2) is 4.79 Å². The smallest absolute Gasteiger partial charge is 0.407 e. The summed E-state index contributed by atoms with van der Waals surface area (Å²) in [6, 6.07) is 9.63. The Morgan fingerprint density at radius 2 is 2.26 bits per heavy atom.